The molecular formula is C12H20N2O4S. The van der Waals surface area contributed by atoms with Crippen molar-refractivity contribution in [1.82, 2.24) is 9.21 Å². The normalized spacial score (nSPS) is 21.4. The summed E-state index contributed by atoms with van der Waals surface area (Å²) >= 11 is 0. The number of rotatable bonds is 5. The van der Waals surface area contributed by atoms with E-state index >= 15 is 0 Å². The first-order valence-corrected chi connectivity index (χ1v) is 7.75. The quantitative estimate of drug-likeness (QED) is 0.853. The molecule has 108 valence electrons. The Labute approximate surface area is 113 Å². The zero-order valence-electron chi connectivity index (χ0n) is 11.2. The van der Waals surface area contributed by atoms with Gasteiger partial charge in [-0.2, -0.15) is 4.31 Å². The Morgan fingerprint density at radius 1 is 1.47 bits per heavy atom. The molecule has 0 spiro atoms. The number of likely N-dealkylation sites (N-methyl/N-ethyl adjacent to an activating group) is 1. The maximum Gasteiger partial charge on any atom is 0.276 e. The van der Waals surface area contributed by atoms with Gasteiger partial charge < -0.3 is 14.4 Å². The first-order valence-electron chi connectivity index (χ1n) is 6.31. The van der Waals surface area contributed by atoms with Crippen molar-refractivity contribution in [3.8, 4) is 0 Å². The summed E-state index contributed by atoms with van der Waals surface area (Å²) in [5.41, 5.74) is 0. The van der Waals surface area contributed by atoms with Crippen molar-refractivity contribution in [2.75, 3.05) is 27.2 Å². The topological polar surface area (TPSA) is 74.0 Å². The Morgan fingerprint density at radius 2 is 2.21 bits per heavy atom. The fourth-order valence-corrected chi connectivity index (χ4v) is 4.04. The van der Waals surface area contributed by atoms with E-state index in [4.69, 9.17) is 9.52 Å². The van der Waals surface area contributed by atoms with Gasteiger partial charge in [0.1, 0.15) is 12.4 Å². The summed E-state index contributed by atoms with van der Waals surface area (Å²) in [6, 6.07) is 2.89. The van der Waals surface area contributed by atoms with Gasteiger partial charge in [0.2, 0.25) is 5.09 Å². The minimum Gasteiger partial charge on any atom is -0.446 e. The molecule has 0 radical (unpaired) electrons. The molecule has 1 fully saturated rings. The molecule has 1 aliphatic heterocycles. The van der Waals surface area contributed by atoms with E-state index in [2.05, 4.69) is 0 Å². The van der Waals surface area contributed by atoms with Crippen LogP contribution in [0.5, 0.6) is 0 Å². The summed E-state index contributed by atoms with van der Waals surface area (Å²) in [7, 11) is 0.267. The second kappa shape index (κ2) is 5.62. The van der Waals surface area contributed by atoms with Crippen LogP contribution in [0, 0.1) is 0 Å². The van der Waals surface area contributed by atoms with E-state index in [-0.39, 0.29) is 23.5 Å². The fourth-order valence-electron chi connectivity index (χ4n) is 2.43. The van der Waals surface area contributed by atoms with Gasteiger partial charge >= 0.3 is 0 Å². The Bertz CT molecular complexity index is 524. The van der Waals surface area contributed by atoms with E-state index in [0.29, 0.717) is 13.1 Å². The molecule has 1 aromatic rings. The average Bonchev–Trinajstić information content (AvgIpc) is 2.95. The molecule has 7 heteroatoms. The molecular weight excluding hydrogens is 268 g/mol. The van der Waals surface area contributed by atoms with Gasteiger partial charge in [-0.3, -0.25) is 0 Å². The predicted octanol–water partition coefficient (Wildman–Crippen LogP) is 0.487. The second-order valence-electron chi connectivity index (χ2n) is 5.05. The summed E-state index contributed by atoms with van der Waals surface area (Å²) in [6.07, 6.45) is 1.73. The molecule has 19 heavy (non-hydrogen) atoms. The van der Waals surface area contributed by atoms with Gasteiger partial charge in [-0.1, -0.05) is 0 Å². The van der Waals surface area contributed by atoms with Crippen LogP contribution < -0.4 is 0 Å². The second-order valence-corrected chi connectivity index (χ2v) is 6.87. The highest BCUT2D eigenvalue weighted by Crippen LogP contribution is 2.27. The summed E-state index contributed by atoms with van der Waals surface area (Å²) in [5.74, 6) is 0.266. The molecule has 1 saturated heterocycles. The molecule has 6 nitrogen and oxygen atoms in total. The summed E-state index contributed by atoms with van der Waals surface area (Å²) in [5, 5.41) is 8.86. The van der Waals surface area contributed by atoms with Crippen molar-refractivity contribution < 1.29 is 17.9 Å². The van der Waals surface area contributed by atoms with Crippen LogP contribution in [0.25, 0.3) is 0 Å². The van der Waals surface area contributed by atoms with E-state index in [1.54, 1.807) is 0 Å². The lowest BCUT2D eigenvalue weighted by molar-refractivity contribution is 0.233. The molecule has 0 saturated carbocycles. The van der Waals surface area contributed by atoms with Crippen LogP contribution in [-0.4, -0.2) is 56.0 Å². The molecule has 1 N–H and O–H groups in total. The summed E-state index contributed by atoms with van der Waals surface area (Å²) in [4.78, 5) is 1.99. The zero-order chi connectivity index (χ0) is 14.0. The molecule has 1 atom stereocenters. The number of furan rings is 1. The molecule has 1 aliphatic rings. The van der Waals surface area contributed by atoms with Crippen LogP contribution >= 0.6 is 0 Å². The maximum atomic E-state index is 12.5. The van der Waals surface area contributed by atoms with Crippen LogP contribution in [0.1, 0.15) is 18.6 Å². The van der Waals surface area contributed by atoms with Crippen LogP contribution in [0.15, 0.2) is 21.6 Å². The maximum absolute atomic E-state index is 12.5. The molecule has 0 aromatic carbocycles. The largest absolute Gasteiger partial charge is 0.446 e. The minimum absolute atomic E-state index is 0.0114. The van der Waals surface area contributed by atoms with E-state index < -0.39 is 10.0 Å². The highest BCUT2D eigenvalue weighted by atomic mass is 32.2. The lowest BCUT2D eigenvalue weighted by atomic mass is 10.2. The smallest absolute Gasteiger partial charge is 0.276 e. The fraction of sp³-hybridized carbons (Fsp3) is 0.667. The monoisotopic (exact) mass is 288 g/mol. The molecule has 2 heterocycles. The number of hydrogen-bond acceptors (Lipinski definition) is 5. The van der Waals surface area contributed by atoms with Crippen molar-refractivity contribution in [2.24, 2.45) is 0 Å². The molecule has 0 aliphatic carbocycles. The number of aliphatic hydroxyl groups is 1. The SMILES string of the molecule is CN(C)CC1CCCN1S(=O)(=O)c1ccc(CO)o1. The average molecular weight is 288 g/mol. The molecule has 0 bridgehead atoms. The van der Waals surface area contributed by atoms with E-state index in [1.165, 1.54) is 16.4 Å². The predicted molar refractivity (Wildman–Crippen MR) is 70.1 cm³/mol. The third kappa shape index (κ3) is 3.00. The van der Waals surface area contributed by atoms with Crippen LogP contribution in [0.4, 0.5) is 0 Å². The first-order chi connectivity index (χ1) is 8.95. The zero-order valence-corrected chi connectivity index (χ0v) is 12.1. The van der Waals surface area contributed by atoms with Crippen molar-refractivity contribution in [1.29, 1.82) is 0 Å². The van der Waals surface area contributed by atoms with Gasteiger partial charge in [0.25, 0.3) is 10.0 Å². The van der Waals surface area contributed by atoms with Crippen molar-refractivity contribution >= 4 is 10.0 Å². The molecule has 0 amide bonds. The van der Waals surface area contributed by atoms with Crippen molar-refractivity contribution in [2.45, 2.75) is 30.6 Å². The van der Waals surface area contributed by atoms with E-state index in [1.807, 2.05) is 19.0 Å². The minimum atomic E-state index is -3.59. The lowest BCUT2D eigenvalue weighted by Gasteiger charge is -2.25. The summed E-state index contributed by atoms with van der Waals surface area (Å²) in [6.45, 7) is 0.930. The number of sulfonamides is 1. The Morgan fingerprint density at radius 3 is 2.79 bits per heavy atom. The van der Waals surface area contributed by atoms with Gasteiger partial charge in [-0.05, 0) is 39.1 Å². The van der Waals surface area contributed by atoms with Gasteiger partial charge in [0.15, 0.2) is 0 Å². The van der Waals surface area contributed by atoms with Crippen LogP contribution in [0.2, 0.25) is 0 Å². The van der Waals surface area contributed by atoms with Crippen LogP contribution in [0.3, 0.4) is 0 Å². The van der Waals surface area contributed by atoms with Gasteiger partial charge in [-0.15, -0.1) is 0 Å². The highest BCUT2D eigenvalue weighted by molar-refractivity contribution is 7.89. The first kappa shape index (κ1) is 14.5. The third-order valence-electron chi connectivity index (χ3n) is 3.25. The number of hydrogen-bond donors (Lipinski definition) is 1. The van der Waals surface area contributed by atoms with E-state index in [0.717, 1.165) is 12.8 Å². The van der Waals surface area contributed by atoms with Gasteiger partial charge in [0, 0.05) is 19.1 Å². The third-order valence-corrected chi connectivity index (χ3v) is 5.08. The number of nitrogens with zero attached hydrogens (tertiary/aromatic N) is 2. The molecule has 1 aromatic heterocycles. The molecule has 1 unspecified atom stereocenters. The Hall–Kier alpha value is -0.890. The highest BCUT2D eigenvalue weighted by Gasteiger charge is 2.37. The molecule has 2 rings (SSSR count). The van der Waals surface area contributed by atoms with Gasteiger partial charge in [0.05, 0.1) is 0 Å². The van der Waals surface area contributed by atoms with E-state index in [9.17, 15) is 8.42 Å². The number of aliphatic hydroxyl groups excluding tert-OH is 1. The summed E-state index contributed by atoms with van der Waals surface area (Å²) < 4.78 is 31.7. The Balaban J connectivity index is 2.23. The van der Waals surface area contributed by atoms with Crippen molar-refractivity contribution in [3.05, 3.63) is 17.9 Å². The van der Waals surface area contributed by atoms with Crippen molar-refractivity contribution in [3.63, 3.8) is 0 Å². The standard InChI is InChI=1S/C12H20N2O4S/c1-13(2)8-10-4-3-7-14(10)19(16,17)12-6-5-11(9-15)18-12/h5-6,10,15H,3-4,7-9H2,1-2H3. The Kier molecular flexibility index (Phi) is 4.29. The van der Waals surface area contributed by atoms with Gasteiger partial charge in [-0.25, -0.2) is 8.42 Å². The van der Waals surface area contributed by atoms with Crippen LogP contribution in [-0.2, 0) is 16.6 Å². The lowest BCUT2D eigenvalue weighted by Crippen LogP contribution is -2.41.